The van der Waals surface area contributed by atoms with Gasteiger partial charge in [0.1, 0.15) is 11.9 Å². The fraction of sp³-hybridized carbons (Fsp3) is 0.294. The summed E-state index contributed by atoms with van der Waals surface area (Å²) in [7, 11) is 0. The molecular formula is C17H17F2NO. The van der Waals surface area contributed by atoms with Crippen molar-refractivity contribution >= 4 is 0 Å². The molecule has 1 fully saturated rings. The van der Waals surface area contributed by atoms with Gasteiger partial charge in [-0.25, -0.2) is 8.78 Å². The molecule has 0 aromatic heterocycles. The summed E-state index contributed by atoms with van der Waals surface area (Å²) in [6.07, 6.45) is 0.740. The van der Waals surface area contributed by atoms with Crippen molar-refractivity contribution in [2.45, 2.75) is 12.5 Å². The van der Waals surface area contributed by atoms with Crippen molar-refractivity contribution in [3.05, 3.63) is 65.7 Å². The van der Waals surface area contributed by atoms with E-state index < -0.39 is 11.6 Å². The lowest BCUT2D eigenvalue weighted by Gasteiger charge is -2.25. The van der Waals surface area contributed by atoms with Crippen LogP contribution in [0.2, 0.25) is 0 Å². The number of benzene rings is 2. The summed E-state index contributed by atoms with van der Waals surface area (Å²) in [5, 5.41) is 3.30. The minimum absolute atomic E-state index is 0.0946. The Bertz CT molecular complexity index is 597. The molecule has 1 N–H and O–H groups in total. The highest BCUT2D eigenvalue weighted by Crippen LogP contribution is 2.33. The molecule has 2 aromatic rings. The number of hydrogen-bond acceptors (Lipinski definition) is 2. The largest absolute Gasteiger partial charge is 0.482 e. The molecule has 21 heavy (non-hydrogen) atoms. The molecule has 1 aliphatic rings. The summed E-state index contributed by atoms with van der Waals surface area (Å²) in [6, 6.07) is 13.2. The summed E-state index contributed by atoms with van der Waals surface area (Å²) in [4.78, 5) is 0. The summed E-state index contributed by atoms with van der Waals surface area (Å²) in [6.45, 7) is 1.77. The van der Waals surface area contributed by atoms with Crippen molar-refractivity contribution in [3.8, 4) is 5.75 Å². The maximum Gasteiger partial charge on any atom is 0.168 e. The van der Waals surface area contributed by atoms with Crippen LogP contribution in [0.25, 0.3) is 0 Å². The molecule has 0 spiro atoms. The van der Waals surface area contributed by atoms with Gasteiger partial charge in [-0.15, -0.1) is 0 Å². The molecule has 1 unspecified atom stereocenters. The van der Waals surface area contributed by atoms with Crippen LogP contribution in [-0.2, 0) is 0 Å². The number of hydrogen-bond donors (Lipinski definition) is 1. The minimum Gasteiger partial charge on any atom is -0.482 e. The second-order valence-corrected chi connectivity index (χ2v) is 5.28. The molecule has 3 rings (SSSR count). The highest BCUT2D eigenvalue weighted by atomic mass is 19.1. The molecule has 1 saturated heterocycles. The van der Waals surface area contributed by atoms with Gasteiger partial charge in [0.2, 0.25) is 0 Å². The first-order valence-electron chi connectivity index (χ1n) is 7.11. The van der Waals surface area contributed by atoms with Gasteiger partial charge >= 0.3 is 0 Å². The second kappa shape index (κ2) is 6.22. The molecule has 0 aliphatic carbocycles. The maximum atomic E-state index is 13.8. The summed E-state index contributed by atoms with van der Waals surface area (Å²) in [5.41, 5.74) is 1.01. The molecule has 0 amide bonds. The molecule has 0 saturated carbocycles. The van der Waals surface area contributed by atoms with Crippen LogP contribution in [0.1, 0.15) is 18.1 Å². The van der Waals surface area contributed by atoms with Crippen molar-refractivity contribution in [1.82, 2.24) is 5.32 Å². The van der Waals surface area contributed by atoms with Crippen molar-refractivity contribution < 1.29 is 13.5 Å². The lowest BCUT2D eigenvalue weighted by molar-refractivity contribution is 0.138. The summed E-state index contributed by atoms with van der Waals surface area (Å²) in [5.74, 6) is -0.894. The Morgan fingerprint density at radius 1 is 1.10 bits per heavy atom. The molecule has 0 radical (unpaired) electrons. The van der Waals surface area contributed by atoms with Crippen molar-refractivity contribution in [2.24, 2.45) is 5.92 Å². The third-order valence-electron chi connectivity index (χ3n) is 3.80. The van der Waals surface area contributed by atoms with Crippen molar-refractivity contribution in [1.29, 1.82) is 0 Å². The van der Waals surface area contributed by atoms with Gasteiger partial charge in [0, 0.05) is 18.5 Å². The second-order valence-electron chi connectivity index (χ2n) is 5.28. The lowest BCUT2D eigenvalue weighted by atomic mass is 9.95. The molecule has 1 heterocycles. The van der Waals surface area contributed by atoms with Crippen LogP contribution < -0.4 is 10.1 Å². The van der Waals surface area contributed by atoms with E-state index in [1.807, 2.05) is 30.3 Å². The molecule has 0 bridgehead atoms. The average Bonchev–Trinajstić information content (AvgIpc) is 3.01. The van der Waals surface area contributed by atoms with E-state index in [4.69, 9.17) is 4.74 Å². The number of ether oxygens (including phenoxy) is 1. The standard InChI is InChI=1S/C17H17F2NO/c18-14-6-7-16(15(19)10-14)21-17(13-8-9-20-11-13)12-4-2-1-3-5-12/h1-7,10,13,17,20H,8-9,11H2/t13-,17?/m0/s1. The van der Waals surface area contributed by atoms with Gasteiger partial charge in [-0.05, 0) is 30.7 Å². The predicted octanol–water partition coefficient (Wildman–Crippen LogP) is 3.69. The Labute approximate surface area is 122 Å². The fourth-order valence-electron chi connectivity index (χ4n) is 2.72. The van der Waals surface area contributed by atoms with Crippen LogP contribution in [0.5, 0.6) is 5.75 Å². The first-order chi connectivity index (χ1) is 10.2. The van der Waals surface area contributed by atoms with Crippen LogP contribution in [0.4, 0.5) is 8.78 Å². The van der Waals surface area contributed by atoms with Gasteiger partial charge in [0.25, 0.3) is 0 Å². The van der Waals surface area contributed by atoms with Crippen molar-refractivity contribution in [3.63, 3.8) is 0 Å². The molecule has 2 atom stereocenters. The minimum atomic E-state index is -0.665. The van der Waals surface area contributed by atoms with Gasteiger partial charge in [-0.2, -0.15) is 0 Å². The number of rotatable bonds is 4. The van der Waals surface area contributed by atoms with Gasteiger partial charge < -0.3 is 10.1 Å². The quantitative estimate of drug-likeness (QED) is 0.926. The third-order valence-corrected chi connectivity index (χ3v) is 3.80. The van der Waals surface area contributed by atoms with E-state index in [1.165, 1.54) is 12.1 Å². The van der Waals surface area contributed by atoms with Gasteiger partial charge in [0.05, 0.1) is 0 Å². The van der Waals surface area contributed by atoms with E-state index in [9.17, 15) is 8.78 Å². The van der Waals surface area contributed by atoms with E-state index >= 15 is 0 Å². The highest BCUT2D eigenvalue weighted by Gasteiger charge is 2.28. The Balaban J connectivity index is 1.88. The first-order valence-corrected chi connectivity index (χ1v) is 7.11. The van der Waals surface area contributed by atoms with Gasteiger partial charge in [0.15, 0.2) is 11.6 Å². The van der Waals surface area contributed by atoms with E-state index in [1.54, 1.807) is 0 Å². The Morgan fingerprint density at radius 3 is 2.57 bits per heavy atom. The van der Waals surface area contributed by atoms with Crippen LogP contribution >= 0.6 is 0 Å². The zero-order chi connectivity index (χ0) is 14.7. The monoisotopic (exact) mass is 289 g/mol. The third kappa shape index (κ3) is 3.22. The summed E-state index contributed by atoms with van der Waals surface area (Å²) < 4.78 is 32.7. The normalized spacial score (nSPS) is 19.4. The van der Waals surface area contributed by atoms with Crippen LogP contribution in [0.3, 0.4) is 0 Å². The smallest absolute Gasteiger partial charge is 0.168 e. The summed E-state index contributed by atoms with van der Waals surface area (Å²) >= 11 is 0. The zero-order valence-electron chi connectivity index (χ0n) is 11.6. The SMILES string of the molecule is Fc1ccc(OC(c2ccccc2)[C@H]2CCNC2)c(F)c1. The van der Waals surface area contributed by atoms with E-state index in [-0.39, 0.29) is 17.8 Å². The predicted molar refractivity (Wildman–Crippen MR) is 77.1 cm³/mol. The van der Waals surface area contributed by atoms with Crippen LogP contribution in [-0.4, -0.2) is 13.1 Å². The van der Waals surface area contributed by atoms with Crippen molar-refractivity contribution in [2.75, 3.05) is 13.1 Å². The van der Waals surface area contributed by atoms with E-state index in [0.29, 0.717) is 0 Å². The molecule has 2 aromatic carbocycles. The highest BCUT2D eigenvalue weighted by molar-refractivity contribution is 5.27. The maximum absolute atomic E-state index is 13.8. The van der Waals surface area contributed by atoms with E-state index in [2.05, 4.69) is 5.32 Å². The van der Waals surface area contributed by atoms with Gasteiger partial charge in [-0.1, -0.05) is 30.3 Å². The molecule has 4 heteroatoms. The molecule has 2 nitrogen and oxygen atoms in total. The molecule has 110 valence electrons. The number of halogens is 2. The van der Waals surface area contributed by atoms with E-state index in [0.717, 1.165) is 31.1 Å². The topological polar surface area (TPSA) is 21.3 Å². The fourth-order valence-corrected chi connectivity index (χ4v) is 2.72. The Morgan fingerprint density at radius 2 is 1.90 bits per heavy atom. The Kier molecular flexibility index (Phi) is 4.15. The Hall–Kier alpha value is -1.94. The lowest BCUT2D eigenvalue weighted by Crippen LogP contribution is -2.21. The average molecular weight is 289 g/mol. The molecular weight excluding hydrogens is 272 g/mol. The van der Waals surface area contributed by atoms with Crippen LogP contribution in [0.15, 0.2) is 48.5 Å². The van der Waals surface area contributed by atoms with Crippen LogP contribution in [0, 0.1) is 17.6 Å². The zero-order valence-corrected chi connectivity index (χ0v) is 11.6. The number of nitrogens with one attached hydrogen (secondary N) is 1. The van der Waals surface area contributed by atoms with Gasteiger partial charge in [-0.3, -0.25) is 0 Å². The molecule has 1 aliphatic heterocycles. The first kappa shape index (κ1) is 14.0.